The summed E-state index contributed by atoms with van der Waals surface area (Å²) in [4.78, 5) is 0. The van der Waals surface area contributed by atoms with E-state index in [1.54, 1.807) is 0 Å². The number of nitrogens with one attached hydrogen (secondary N) is 1. The molecule has 0 atom stereocenters. The van der Waals surface area contributed by atoms with E-state index in [0.717, 1.165) is 12.8 Å². The van der Waals surface area contributed by atoms with Crippen LogP contribution in [-0.2, 0) is 0 Å². The fourth-order valence-electron chi connectivity index (χ4n) is 2.98. The van der Waals surface area contributed by atoms with Gasteiger partial charge >= 0.3 is 0 Å². The van der Waals surface area contributed by atoms with Crippen LogP contribution in [0.2, 0.25) is 0 Å². The summed E-state index contributed by atoms with van der Waals surface area (Å²) in [6.07, 6.45) is 4.02. The lowest BCUT2D eigenvalue weighted by atomic mass is 9.72. The SMILES string of the molecule is C=Cc1ccccc1C1=C(NC)CC(C)(C)CC1=C. The Morgan fingerprint density at radius 1 is 1.21 bits per heavy atom. The predicted octanol–water partition coefficient (Wildman–Crippen LogP) is 4.64. The van der Waals surface area contributed by atoms with Crippen molar-refractivity contribution in [2.45, 2.75) is 26.7 Å². The van der Waals surface area contributed by atoms with E-state index >= 15 is 0 Å². The van der Waals surface area contributed by atoms with Gasteiger partial charge in [0.2, 0.25) is 0 Å². The second-order valence-electron chi connectivity index (χ2n) is 6.02. The summed E-state index contributed by atoms with van der Waals surface area (Å²) in [7, 11) is 2.00. The molecule has 1 N–H and O–H groups in total. The maximum atomic E-state index is 4.31. The standard InChI is InChI=1S/C18H23N/c1-6-14-9-7-8-10-15(14)17-13(2)11-18(3,4)12-16(17)19-5/h6-10,19H,1-2,11-12H2,3-5H3. The fraction of sp³-hybridized carbons (Fsp3) is 0.333. The summed E-state index contributed by atoms with van der Waals surface area (Å²) >= 11 is 0. The van der Waals surface area contributed by atoms with Crippen LogP contribution in [0.5, 0.6) is 0 Å². The van der Waals surface area contributed by atoms with Crippen LogP contribution in [0.15, 0.2) is 48.7 Å². The minimum Gasteiger partial charge on any atom is -0.391 e. The number of hydrogen-bond acceptors (Lipinski definition) is 1. The van der Waals surface area contributed by atoms with Crippen molar-refractivity contribution in [3.63, 3.8) is 0 Å². The van der Waals surface area contributed by atoms with E-state index in [2.05, 4.69) is 56.6 Å². The van der Waals surface area contributed by atoms with Crippen LogP contribution in [0.3, 0.4) is 0 Å². The van der Waals surface area contributed by atoms with E-state index in [9.17, 15) is 0 Å². The van der Waals surface area contributed by atoms with Gasteiger partial charge in [-0.3, -0.25) is 0 Å². The minimum atomic E-state index is 0.280. The summed E-state index contributed by atoms with van der Waals surface area (Å²) in [5.74, 6) is 0. The zero-order valence-electron chi connectivity index (χ0n) is 12.2. The smallest absolute Gasteiger partial charge is 0.0192 e. The highest BCUT2D eigenvalue weighted by Crippen LogP contribution is 2.44. The first-order chi connectivity index (χ1) is 8.98. The molecule has 1 heteroatoms. The quantitative estimate of drug-likeness (QED) is 0.827. The number of hydrogen-bond donors (Lipinski definition) is 1. The van der Waals surface area contributed by atoms with Crippen molar-refractivity contribution in [3.8, 4) is 0 Å². The molecule has 0 amide bonds. The Hall–Kier alpha value is -1.76. The van der Waals surface area contributed by atoms with Crippen molar-refractivity contribution < 1.29 is 0 Å². The summed E-state index contributed by atoms with van der Waals surface area (Å²) in [6.45, 7) is 12.8. The van der Waals surface area contributed by atoms with Crippen LogP contribution in [0, 0.1) is 5.41 Å². The lowest BCUT2D eigenvalue weighted by molar-refractivity contribution is 0.347. The third kappa shape index (κ3) is 2.65. The molecule has 19 heavy (non-hydrogen) atoms. The highest BCUT2D eigenvalue weighted by Gasteiger charge is 2.30. The second-order valence-corrected chi connectivity index (χ2v) is 6.02. The van der Waals surface area contributed by atoms with Gasteiger partial charge in [-0.2, -0.15) is 0 Å². The minimum absolute atomic E-state index is 0.280. The van der Waals surface area contributed by atoms with Crippen LogP contribution in [-0.4, -0.2) is 7.05 Å². The normalized spacial score (nSPS) is 18.4. The molecule has 1 aromatic rings. The number of rotatable bonds is 3. The maximum Gasteiger partial charge on any atom is 0.0192 e. The van der Waals surface area contributed by atoms with Gasteiger partial charge < -0.3 is 5.32 Å². The highest BCUT2D eigenvalue weighted by atomic mass is 14.8. The zero-order valence-corrected chi connectivity index (χ0v) is 12.2. The molecule has 0 saturated carbocycles. The zero-order chi connectivity index (χ0) is 14.0. The van der Waals surface area contributed by atoms with Gasteiger partial charge in [0.05, 0.1) is 0 Å². The van der Waals surface area contributed by atoms with Gasteiger partial charge in [0.25, 0.3) is 0 Å². The van der Waals surface area contributed by atoms with Crippen molar-refractivity contribution in [3.05, 3.63) is 59.8 Å². The maximum absolute atomic E-state index is 4.31. The van der Waals surface area contributed by atoms with Gasteiger partial charge in [-0.1, -0.05) is 57.3 Å². The van der Waals surface area contributed by atoms with Crippen LogP contribution in [0.1, 0.15) is 37.8 Å². The molecule has 0 aliphatic heterocycles. The molecule has 0 saturated heterocycles. The lowest BCUT2D eigenvalue weighted by Gasteiger charge is -2.35. The Bertz CT molecular complexity index is 547. The molecule has 0 spiro atoms. The molecule has 1 aromatic carbocycles. The number of allylic oxidation sites excluding steroid dienone is 3. The fourth-order valence-corrected chi connectivity index (χ4v) is 2.98. The van der Waals surface area contributed by atoms with Gasteiger partial charge in [0.1, 0.15) is 0 Å². The topological polar surface area (TPSA) is 12.0 Å². The Labute approximate surface area is 116 Å². The molecule has 100 valence electrons. The van der Waals surface area contributed by atoms with E-state index in [0.29, 0.717) is 0 Å². The highest BCUT2D eigenvalue weighted by molar-refractivity contribution is 5.85. The van der Waals surface area contributed by atoms with Crippen molar-refractivity contribution in [2.24, 2.45) is 5.41 Å². The molecule has 0 heterocycles. The lowest BCUT2D eigenvalue weighted by Crippen LogP contribution is -2.25. The third-order valence-electron chi connectivity index (χ3n) is 3.75. The first kappa shape index (κ1) is 13.7. The Morgan fingerprint density at radius 2 is 1.89 bits per heavy atom. The van der Waals surface area contributed by atoms with Gasteiger partial charge in [-0.25, -0.2) is 0 Å². The Balaban J connectivity index is 2.60. The van der Waals surface area contributed by atoms with E-state index in [1.165, 1.54) is 28.0 Å². The molecule has 0 fully saturated rings. The van der Waals surface area contributed by atoms with E-state index in [-0.39, 0.29) is 5.41 Å². The first-order valence-electron chi connectivity index (χ1n) is 6.79. The predicted molar refractivity (Wildman–Crippen MR) is 84.7 cm³/mol. The average Bonchev–Trinajstić information content (AvgIpc) is 2.37. The monoisotopic (exact) mass is 253 g/mol. The van der Waals surface area contributed by atoms with Crippen LogP contribution in [0.25, 0.3) is 11.6 Å². The van der Waals surface area contributed by atoms with E-state index < -0.39 is 0 Å². The van der Waals surface area contributed by atoms with Crippen LogP contribution >= 0.6 is 0 Å². The average molecular weight is 253 g/mol. The second kappa shape index (κ2) is 5.08. The largest absolute Gasteiger partial charge is 0.391 e. The van der Waals surface area contributed by atoms with Gasteiger partial charge in [-0.15, -0.1) is 0 Å². The molecule has 0 unspecified atom stereocenters. The summed E-state index contributed by atoms with van der Waals surface area (Å²) in [5.41, 5.74) is 6.47. The molecule has 1 nitrogen and oxygen atoms in total. The first-order valence-corrected chi connectivity index (χ1v) is 6.79. The van der Waals surface area contributed by atoms with Crippen molar-refractivity contribution in [1.29, 1.82) is 0 Å². The van der Waals surface area contributed by atoms with Crippen LogP contribution in [0.4, 0.5) is 0 Å². The molecule has 2 rings (SSSR count). The van der Waals surface area contributed by atoms with Crippen molar-refractivity contribution in [1.82, 2.24) is 5.32 Å². The number of benzene rings is 1. The molecule has 0 aromatic heterocycles. The molecule has 1 aliphatic carbocycles. The van der Waals surface area contributed by atoms with Gasteiger partial charge in [0, 0.05) is 18.3 Å². The van der Waals surface area contributed by atoms with Gasteiger partial charge in [0.15, 0.2) is 0 Å². The third-order valence-corrected chi connectivity index (χ3v) is 3.75. The molecule has 0 bridgehead atoms. The summed E-state index contributed by atoms with van der Waals surface area (Å²) < 4.78 is 0. The van der Waals surface area contributed by atoms with Crippen molar-refractivity contribution in [2.75, 3.05) is 7.05 Å². The molecular weight excluding hydrogens is 230 g/mol. The molecular formula is C18H23N. The molecule has 1 aliphatic rings. The van der Waals surface area contributed by atoms with Crippen LogP contribution < -0.4 is 5.32 Å². The molecule has 0 radical (unpaired) electrons. The van der Waals surface area contributed by atoms with E-state index in [1.807, 2.05) is 13.1 Å². The van der Waals surface area contributed by atoms with Crippen molar-refractivity contribution >= 4 is 11.6 Å². The summed E-state index contributed by atoms with van der Waals surface area (Å²) in [5, 5.41) is 3.37. The Kier molecular flexibility index (Phi) is 3.66. The Morgan fingerprint density at radius 3 is 2.53 bits per heavy atom. The summed E-state index contributed by atoms with van der Waals surface area (Å²) in [6, 6.07) is 8.40. The van der Waals surface area contributed by atoms with Gasteiger partial charge in [-0.05, 0) is 35.0 Å². The van der Waals surface area contributed by atoms with E-state index in [4.69, 9.17) is 0 Å².